The molecule has 0 N–H and O–H groups in total. The van der Waals surface area contributed by atoms with E-state index in [0.29, 0.717) is 21.5 Å². The number of carbonyl (C=O) groups excluding carboxylic acids is 1. The number of hydrogen-bond donors (Lipinski definition) is 0. The Labute approximate surface area is 155 Å². The van der Waals surface area contributed by atoms with Crippen molar-refractivity contribution in [2.75, 3.05) is 6.61 Å². The van der Waals surface area contributed by atoms with Gasteiger partial charge in [0.05, 0.1) is 16.3 Å². The summed E-state index contributed by atoms with van der Waals surface area (Å²) in [6, 6.07) is 14.3. The Bertz CT molecular complexity index is 921. The van der Waals surface area contributed by atoms with Crippen molar-refractivity contribution >= 4 is 29.0 Å². The van der Waals surface area contributed by atoms with Gasteiger partial charge in [0.25, 0.3) is 0 Å². The van der Waals surface area contributed by atoms with Crippen LogP contribution < -0.4 is 4.74 Å². The summed E-state index contributed by atoms with van der Waals surface area (Å²) in [5.74, 6) is 0.388. The molecule has 128 valence electrons. The number of aromatic nitrogens is 2. The van der Waals surface area contributed by atoms with Gasteiger partial charge in [-0.3, -0.25) is 4.79 Å². The second-order valence-corrected chi connectivity index (χ2v) is 6.43. The predicted molar refractivity (Wildman–Crippen MR) is 99.7 cm³/mol. The van der Waals surface area contributed by atoms with E-state index in [0.717, 1.165) is 16.8 Å². The van der Waals surface area contributed by atoms with Crippen molar-refractivity contribution in [1.82, 2.24) is 9.78 Å². The van der Waals surface area contributed by atoms with Gasteiger partial charge < -0.3 is 4.74 Å². The van der Waals surface area contributed by atoms with E-state index in [2.05, 4.69) is 5.10 Å². The first-order chi connectivity index (χ1) is 12.0. The molecule has 0 unspecified atom stereocenters. The van der Waals surface area contributed by atoms with Gasteiger partial charge in [-0.05, 0) is 19.1 Å². The number of halogens is 2. The number of nitrogens with zero attached hydrogens (tertiary/aromatic N) is 2. The Kier molecular flexibility index (Phi) is 5.11. The van der Waals surface area contributed by atoms with Crippen LogP contribution in [0.2, 0.25) is 10.0 Å². The van der Waals surface area contributed by atoms with E-state index in [-0.39, 0.29) is 12.4 Å². The number of benzene rings is 2. The highest BCUT2D eigenvalue weighted by atomic mass is 35.5. The molecule has 0 aliphatic heterocycles. The fourth-order valence-corrected chi connectivity index (χ4v) is 3.15. The summed E-state index contributed by atoms with van der Waals surface area (Å²) >= 11 is 12.3. The van der Waals surface area contributed by atoms with Gasteiger partial charge in [-0.25, -0.2) is 4.68 Å². The van der Waals surface area contributed by atoms with E-state index in [1.165, 1.54) is 0 Å². The molecule has 0 fully saturated rings. The molecule has 0 saturated heterocycles. The Hall–Kier alpha value is -2.30. The topological polar surface area (TPSA) is 44.1 Å². The van der Waals surface area contributed by atoms with Crippen LogP contribution in [0.25, 0.3) is 11.1 Å². The van der Waals surface area contributed by atoms with Crippen molar-refractivity contribution in [3.05, 3.63) is 69.8 Å². The molecule has 3 aromatic rings. The maximum absolute atomic E-state index is 12.3. The molecule has 0 radical (unpaired) electrons. The zero-order chi connectivity index (χ0) is 18.0. The van der Waals surface area contributed by atoms with Gasteiger partial charge in [0.2, 0.25) is 5.88 Å². The third-order valence-corrected chi connectivity index (χ3v) is 4.35. The molecule has 2 aromatic carbocycles. The standard InChI is InChI=1S/C19H16Cl2N2O2/c1-12-18(15-9-8-14(20)10-16(15)21)19(23(2)22-12)25-11-17(24)13-6-4-3-5-7-13/h3-10H,11H2,1-2H3. The van der Waals surface area contributed by atoms with Crippen LogP contribution in [0.15, 0.2) is 48.5 Å². The van der Waals surface area contributed by atoms with Crippen molar-refractivity contribution < 1.29 is 9.53 Å². The lowest BCUT2D eigenvalue weighted by atomic mass is 10.1. The monoisotopic (exact) mass is 374 g/mol. The molecule has 1 aromatic heterocycles. The van der Waals surface area contributed by atoms with Crippen molar-refractivity contribution in [2.24, 2.45) is 7.05 Å². The Morgan fingerprint density at radius 3 is 2.56 bits per heavy atom. The van der Waals surface area contributed by atoms with Gasteiger partial charge in [0, 0.05) is 23.2 Å². The van der Waals surface area contributed by atoms with Crippen molar-refractivity contribution in [2.45, 2.75) is 6.92 Å². The summed E-state index contributed by atoms with van der Waals surface area (Å²) in [5, 5.41) is 5.45. The van der Waals surface area contributed by atoms with Crippen LogP contribution >= 0.6 is 23.2 Å². The maximum Gasteiger partial charge on any atom is 0.220 e. The number of hydrogen-bond acceptors (Lipinski definition) is 3. The summed E-state index contributed by atoms with van der Waals surface area (Å²) in [6.45, 7) is 1.79. The van der Waals surface area contributed by atoms with Gasteiger partial charge >= 0.3 is 0 Å². The molecule has 3 rings (SSSR count). The van der Waals surface area contributed by atoms with Gasteiger partial charge in [0.1, 0.15) is 0 Å². The quantitative estimate of drug-likeness (QED) is 0.592. The average Bonchev–Trinajstić information content (AvgIpc) is 2.87. The highest BCUT2D eigenvalue weighted by Crippen LogP contribution is 2.38. The second kappa shape index (κ2) is 7.30. The van der Waals surface area contributed by atoms with Gasteiger partial charge in [-0.15, -0.1) is 0 Å². The Morgan fingerprint density at radius 1 is 1.16 bits per heavy atom. The largest absolute Gasteiger partial charge is 0.469 e. The van der Waals surface area contributed by atoms with Crippen LogP contribution in [0.3, 0.4) is 0 Å². The summed E-state index contributed by atoms with van der Waals surface area (Å²) in [7, 11) is 1.77. The predicted octanol–water partition coefficient (Wildman–Crippen LogP) is 4.96. The first-order valence-corrected chi connectivity index (χ1v) is 8.43. The van der Waals surface area contributed by atoms with Crippen molar-refractivity contribution in [3.63, 3.8) is 0 Å². The molecule has 4 nitrogen and oxygen atoms in total. The van der Waals surface area contributed by atoms with E-state index in [4.69, 9.17) is 27.9 Å². The molecule has 0 atom stereocenters. The van der Waals surface area contributed by atoms with Crippen LogP contribution in [0.5, 0.6) is 5.88 Å². The average molecular weight is 375 g/mol. The molecule has 0 saturated carbocycles. The lowest BCUT2D eigenvalue weighted by Crippen LogP contribution is -2.13. The lowest BCUT2D eigenvalue weighted by Gasteiger charge is -2.10. The van der Waals surface area contributed by atoms with E-state index < -0.39 is 0 Å². The number of ketones is 1. The van der Waals surface area contributed by atoms with Gasteiger partial charge in [-0.2, -0.15) is 5.10 Å². The molecule has 0 amide bonds. The summed E-state index contributed by atoms with van der Waals surface area (Å²) in [5.41, 5.74) is 2.88. The number of aryl methyl sites for hydroxylation is 2. The molecule has 0 spiro atoms. The first-order valence-electron chi connectivity index (χ1n) is 7.67. The van der Waals surface area contributed by atoms with E-state index in [1.54, 1.807) is 36.0 Å². The number of rotatable bonds is 5. The Balaban J connectivity index is 1.91. The highest BCUT2D eigenvalue weighted by Gasteiger charge is 2.20. The Morgan fingerprint density at radius 2 is 1.88 bits per heavy atom. The minimum atomic E-state index is -0.104. The SMILES string of the molecule is Cc1nn(C)c(OCC(=O)c2ccccc2)c1-c1ccc(Cl)cc1Cl. The summed E-state index contributed by atoms with van der Waals surface area (Å²) in [4.78, 5) is 12.3. The minimum Gasteiger partial charge on any atom is -0.469 e. The molecular weight excluding hydrogens is 359 g/mol. The molecule has 25 heavy (non-hydrogen) atoms. The lowest BCUT2D eigenvalue weighted by molar-refractivity contribution is 0.0915. The fraction of sp³-hybridized carbons (Fsp3) is 0.158. The minimum absolute atomic E-state index is 0.0821. The van der Waals surface area contributed by atoms with Crippen LogP contribution in [0, 0.1) is 6.92 Å². The molecule has 0 bridgehead atoms. The van der Waals surface area contributed by atoms with Crippen LogP contribution in [0.1, 0.15) is 16.1 Å². The van der Waals surface area contributed by atoms with E-state index in [1.807, 2.05) is 31.2 Å². The zero-order valence-corrected chi connectivity index (χ0v) is 15.3. The van der Waals surface area contributed by atoms with Crippen molar-refractivity contribution in [1.29, 1.82) is 0 Å². The molecule has 0 aliphatic rings. The molecule has 0 aliphatic carbocycles. The second-order valence-electron chi connectivity index (χ2n) is 5.59. The number of Topliss-reactive ketones (excluding diaryl/α,β-unsaturated/α-hetero) is 1. The molecule has 6 heteroatoms. The number of carbonyl (C=O) groups is 1. The molecule has 1 heterocycles. The molecular formula is C19H16Cl2N2O2. The van der Waals surface area contributed by atoms with Gasteiger partial charge in [-0.1, -0.05) is 59.6 Å². The third-order valence-electron chi connectivity index (χ3n) is 3.81. The van der Waals surface area contributed by atoms with Crippen LogP contribution in [-0.2, 0) is 7.05 Å². The summed E-state index contributed by atoms with van der Waals surface area (Å²) < 4.78 is 7.41. The smallest absolute Gasteiger partial charge is 0.220 e. The van der Waals surface area contributed by atoms with E-state index in [9.17, 15) is 4.79 Å². The zero-order valence-electron chi connectivity index (χ0n) is 13.8. The van der Waals surface area contributed by atoms with Crippen LogP contribution in [0.4, 0.5) is 0 Å². The first kappa shape index (κ1) is 17.5. The highest BCUT2D eigenvalue weighted by molar-refractivity contribution is 6.36. The van der Waals surface area contributed by atoms with Gasteiger partial charge in [0.15, 0.2) is 12.4 Å². The fourth-order valence-electron chi connectivity index (χ4n) is 2.65. The summed E-state index contributed by atoms with van der Waals surface area (Å²) in [6.07, 6.45) is 0. The normalized spacial score (nSPS) is 10.7. The number of ether oxygens (including phenoxy) is 1. The maximum atomic E-state index is 12.3. The van der Waals surface area contributed by atoms with Crippen molar-refractivity contribution in [3.8, 4) is 17.0 Å². The van der Waals surface area contributed by atoms with Crippen LogP contribution in [-0.4, -0.2) is 22.2 Å². The van der Waals surface area contributed by atoms with E-state index >= 15 is 0 Å². The third kappa shape index (κ3) is 3.70.